The Morgan fingerprint density at radius 1 is 1.33 bits per heavy atom. The molecule has 0 aliphatic rings. The maximum absolute atomic E-state index is 12.4. The number of ketones is 1. The van der Waals surface area contributed by atoms with Gasteiger partial charge < -0.3 is 4.74 Å². The van der Waals surface area contributed by atoms with Crippen molar-refractivity contribution in [2.24, 2.45) is 0 Å². The number of aryl methyl sites for hydroxylation is 1. The molecule has 4 heteroatoms. The first-order valence-corrected chi connectivity index (χ1v) is 5.85. The smallest absolute Gasteiger partial charge is 0.211 e. The lowest BCUT2D eigenvalue weighted by atomic mass is 10.0. The molecular weight excluding hydrogens is 228 g/mol. The minimum atomic E-state index is 0.00158. The van der Waals surface area contributed by atoms with Crippen LogP contribution in [0.3, 0.4) is 0 Å². The van der Waals surface area contributed by atoms with Crippen molar-refractivity contribution in [2.75, 3.05) is 13.7 Å². The third-order valence-electron chi connectivity index (χ3n) is 2.85. The van der Waals surface area contributed by atoms with E-state index in [2.05, 4.69) is 5.10 Å². The van der Waals surface area contributed by atoms with Gasteiger partial charge in [-0.15, -0.1) is 0 Å². The van der Waals surface area contributed by atoms with Gasteiger partial charge in [0.25, 0.3) is 0 Å². The Balaban J connectivity index is 2.29. The van der Waals surface area contributed by atoms with Gasteiger partial charge in [-0.05, 0) is 18.6 Å². The van der Waals surface area contributed by atoms with E-state index in [1.54, 1.807) is 24.1 Å². The van der Waals surface area contributed by atoms with Gasteiger partial charge in [0, 0.05) is 18.9 Å². The third kappa shape index (κ3) is 2.49. The second-order valence-corrected chi connectivity index (χ2v) is 4.08. The lowest BCUT2D eigenvalue weighted by Gasteiger charge is -2.07. The molecule has 0 aliphatic heterocycles. The van der Waals surface area contributed by atoms with Gasteiger partial charge in [-0.2, -0.15) is 5.10 Å². The van der Waals surface area contributed by atoms with Crippen molar-refractivity contribution >= 4 is 5.78 Å². The van der Waals surface area contributed by atoms with Crippen molar-refractivity contribution in [3.05, 3.63) is 53.3 Å². The quantitative estimate of drug-likeness (QED) is 0.756. The molecule has 0 N–H and O–H groups in total. The number of ether oxygens (including phenoxy) is 1. The molecule has 1 heterocycles. The number of hydrogen-bond acceptors (Lipinski definition) is 3. The normalized spacial score (nSPS) is 10.6. The molecule has 18 heavy (non-hydrogen) atoms. The highest BCUT2D eigenvalue weighted by Gasteiger charge is 2.15. The van der Waals surface area contributed by atoms with E-state index < -0.39 is 0 Å². The van der Waals surface area contributed by atoms with Crippen molar-refractivity contribution < 1.29 is 9.53 Å². The fraction of sp³-hybridized carbons (Fsp3) is 0.286. The summed E-state index contributed by atoms with van der Waals surface area (Å²) in [6.07, 6.45) is 1.64. The summed E-state index contributed by atoms with van der Waals surface area (Å²) in [5.41, 5.74) is 2.29. The van der Waals surface area contributed by atoms with Gasteiger partial charge in [0.2, 0.25) is 5.78 Å². The molecular formula is C14H16N2O2. The monoisotopic (exact) mass is 244 g/mol. The Kier molecular flexibility index (Phi) is 3.89. The Morgan fingerprint density at radius 2 is 2.11 bits per heavy atom. The number of benzene rings is 1. The molecule has 0 amide bonds. The molecule has 1 aromatic heterocycles. The number of hydrogen-bond donors (Lipinski definition) is 0. The van der Waals surface area contributed by atoms with E-state index in [-0.39, 0.29) is 5.78 Å². The summed E-state index contributed by atoms with van der Waals surface area (Å²) in [6.45, 7) is 3.05. The molecule has 0 unspecified atom stereocenters. The number of carbonyl (C=O) groups excluding carboxylic acids is 1. The number of carbonyl (C=O) groups is 1. The van der Waals surface area contributed by atoms with Crippen LogP contribution in [0.4, 0.5) is 0 Å². The van der Waals surface area contributed by atoms with Gasteiger partial charge in [-0.25, -0.2) is 0 Å². The standard InChI is InChI=1S/C14H16N2O2/c1-11-5-3-4-6-12(11)14(17)13-7-8-15-16(13)9-10-18-2/h3-8H,9-10H2,1-2H3. The van der Waals surface area contributed by atoms with Crippen LogP contribution < -0.4 is 0 Å². The SMILES string of the molecule is COCCn1nccc1C(=O)c1ccccc1C. The van der Waals surface area contributed by atoms with Crippen molar-refractivity contribution in [3.63, 3.8) is 0 Å². The van der Waals surface area contributed by atoms with E-state index in [4.69, 9.17) is 4.74 Å². The van der Waals surface area contributed by atoms with E-state index in [1.165, 1.54) is 0 Å². The molecule has 0 atom stereocenters. The van der Waals surface area contributed by atoms with Gasteiger partial charge in [-0.1, -0.05) is 24.3 Å². The van der Waals surface area contributed by atoms with E-state index in [0.29, 0.717) is 18.8 Å². The van der Waals surface area contributed by atoms with E-state index in [9.17, 15) is 4.79 Å². The topological polar surface area (TPSA) is 44.1 Å². The Morgan fingerprint density at radius 3 is 2.83 bits per heavy atom. The first kappa shape index (κ1) is 12.5. The van der Waals surface area contributed by atoms with Gasteiger partial charge in [-0.3, -0.25) is 9.48 Å². The summed E-state index contributed by atoms with van der Waals surface area (Å²) < 4.78 is 6.69. The zero-order valence-electron chi connectivity index (χ0n) is 10.6. The maximum atomic E-state index is 12.4. The van der Waals surface area contributed by atoms with Crippen LogP contribution in [0.25, 0.3) is 0 Å². The summed E-state index contributed by atoms with van der Waals surface area (Å²) in [5, 5.41) is 4.15. The summed E-state index contributed by atoms with van der Waals surface area (Å²) in [6, 6.07) is 9.31. The third-order valence-corrected chi connectivity index (χ3v) is 2.85. The minimum Gasteiger partial charge on any atom is -0.383 e. The fourth-order valence-corrected chi connectivity index (χ4v) is 1.85. The summed E-state index contributed by atoms with van der Waals surface area (Å²) >= 11 is 0. The second-order valence-electron chi connectivity index (χ2n) is 4.08. The molecule has 0 bridgehead atoms. The highest BCUT2D eigenvalue weighted by Crippen LogP contribution is 2.13. The number of aromatic nitrogens is 2. The molecule has 0 radical (unpaired) electrons. The molecule has 94 valence electrons. The molecule has 2 aromatic rings. The Bertz CT molecular complexity index is 546. The van der Waals surface area contributed by atoms with Crippen molar-refractivity contribution in [2.45, 2.75) is 13.5 Å². The molecule has 0 spiro atoms. The first-order valence-electron chi connectivity index (χ1n) is 5.85. The van der Waals surface area contributed by atoms with E-state index in [1.807, 2.05) is 31.2 Å². The summed E-state index contributed by atoms with van der Waals surface area (Å²) in [7, 11) is 1.63. The van der Waals surface area contributed by atoms with Crippen LogP contribution in [-0.2, 0) is 11.3 Å². The van der Waals surface area contributed by atoms with E-state index in [0.717, 1.165) is 11.1 Å². The first-order chi connectivity index (χ1) is 8.74. The van der Waals surface area contributed by atoms with Crippen molar-refractivity contribution in [3.8, 4) is 0 Å². The van der Waals surface area contributed by atoms with Crippen LogP contribution >= 0.6 is 0 Å². The van der Waals surface area contributed by atoms with Gasteiger partial charge in [0.05, 0.1) is 13.2 Å². The zero-order valence-corrected chi connectivity index (χ0v) is 10.6. The number of methoxy groups -OCH3 is 1. The molecule has 0 aliphatic carbocycles. The van der Waals surface area contributed by atoms with Crippen LogP contribution in [0.2, 0.25) is 0 Å². The van der Waals surface area contributed by atoms with Crippen LogP contribution in [-0.4, -0.2) is 29.3 Å². The Hall–Kier alpha value is -1.94. The highest BCUT2D eigenvalue weighted by atomic mass is 16.5. The van der Waals surface area contributed by atoms with E-state index >= 15 is 0 Å². The average Bonchev–Trinajstić information content (AvgIpc) is 2.84. The largest absolute Gasteiger partial charge is 0.383 e. The zero-order chi connectivity index (χ0) is 13.0. The Labute approximate surface area is 106 Å². The van der Waals surface area contributed by atoms with Crippen molar-refractivity contribution in [1.82, 2.24) is 9.78 Å². The molecule has 4 nitrogen and oxygen atoms in total. The summed E-state index contributed by atoms with van der Waals surface area (Å²) in [4.78, 5) is 12.4. The lowest BCUT2D eigenvalue weighted by molar-refractivity contribution is 0.102. The minimum absolute atomic E-state index is 0.00158. The number of rotatable bonds is 5. The maximum Gasteiger partial charge on any atom is 0.211 e. The second kappa shape index (κ2) is 5.60. The molecule has 0 saturated heterocycles. The van der Waals surface area contributed by atoms with Crippen molar-refractivity contribution in [1.29, 1.82) is 0 Å². The highest BCUT2D eigenvalue weighted by molar-refractivity contribution is 6.08. The van der Waals surface area contributed by atoms with Gasteiger partial charge in [0.15, 0.2) is 0 Å². The predicted octanol–water partition coefficient (Wildman–Crippen LogP) is 2.07. The molecule has 2 rings (SSSR count). The van der Waals surface area contributed by atoms with Crippen LogP contribution in [0.15, 0.2) is 36.5 Å². The molecule has 0 fully saturated rings. The van der Waals surface area contributed by atoms with Gasteiger partial charge >= 0.3 is 0 Å². The average molecular weight is 244 g/mol. The number of nitrogens with zero attached hydrogens (tertiary/aromatic N) is 2. The van der Waals surface area contributed by atoms with Crippen LogP contribution in [0, 0.1) is 6.92 Å². The van der Waals surface area contributed by atoms with Gasteiger partial charge in [0.1, 0.15) is 5.69 Å². The van der Waals surface area contributed by atoms with Crippen LogP contribution in [0.5, 0.6) is 0 Å². The molecule has 1 aromatic carbocycles. The van der Waals surface area contributed by atoms with Crippen LogP contribution in [0.1, 0.15) is 21.6 Å². The molecule has 0 saturated carbocycles. The lowest BCUT2D eigenvalue weighted by Crippen LogP contribution is -2.15. The fourth-order valence-electron chi connectivity index (χ4n) is 1.85. The predicted molar refractivity (Wildman–Crippen MR) is 68.7 cm³/mol. The summed E-state index contributed by atoms with van der Waals surface area (Å²) in [5.74, 6) is 0.00158.